The Labute approximate surface area is 112 Å². The van der Waals surface area contributed by atoms with Crippen LogP contribution in [0.3, 0.4) is 0 Å². The molecular weight excluding hydrogens is 285 g/mol. The molecular formula is C10H10ClF3N4O. The molecule has 1 aromatic heterocycles. The summed E-state index contributed by atoms with van der Waals surface area (Å²) >= 11 is 0. The van der Waals surface area contributed by atoms with Crippen LogP contribution in [0.2, 0.25) is 0 Å². The predicted octanol–water partition coefficient (Wildman–Crippen LogP) is 2.05. The molecule has 0 aliphatic rings. The lowest BCUT2D eigenvalue weighted by molar-refractivity contribution is -0.274. The van der Waals surface area contributed by atoms with E-state index in [0.29, 0.717) is 5.69 Å². The van der Waals surface area contributed by atoms with Crippen molar-refractivity contribution in [3.05, 3.63) is 36.2 Å². The molecule has 5 nitrogen and oxygen atoms in total. The van der Waals surface area contributed by atoms with Crippen molar-refractivity contribution in [2.75, 3.05) is 0 Å². The molecule has 0 radical (unpaired) electrons. The summed E-state index contributed by atoms with van der Waals surface area (Å²) in [5.74, 6) is -0.349. The Hall–Kier alpha value is -1.80. The van der Waals surface area contributed by atoms with Crippen molar-refractivity contribution in [3.8, 4) is 11.4 Å². The standard InChI is InChI=1S/C10H9F3N4O.ClH/c11-10(12,13)18-9-4-2-1-3-8(9)17-6-7(5-14)15-16-17;/h1-4,6H,5,14H2;1H. The van der Waals surface area contributed by atoms with Crippen LogP contribution in [0.25, 0.3) is 5.69 Å². The van der Waals surface area contributed by atoms with Crippen LogP contribution in [0.15, 0.2) is 30.5 Å². The maximum absolute atomic E-state index is 12.2. The second-order valence-corrected chi connectivity index (χ2v) is 3.37. The number of ether oxygens (including phenoxy) is 1. The lowest BCUT2D eigenvalue weighted by atomic mass is 10.3. The third-order valence-corrected chi connectivity index (χ3v) is 2.09. The highest BCUT2D eigenvalue weighted by Crippen LogP contribution is 2.28. The molecule has 0 unspecified atom stereocenters. The van der Waals surface area contributed by atoms with Crippen molar-refractivity contribution in [3.63, 3.8) is 0 Å². The monoisotopic (exact) mass is 294 g/mol. The summed E-state index contributed by atoms with van der Waals surface area (Å²) in [5.41, 5.74) is 5.96. The zero-order valence-electron chi connectivity index (χ0n) is 9.46. The van der Waals surface area contributed by atoms with Gasteiger partial charge in [0.15, 0.2) is 5.75 Å². The van der Waals surface area contributed by atoms with E-state index in [9.17, 15) is 13.2 Å². The van der Waals surface area contributed by atoms with E-state index in [1.54, 1.807) is 6.07 Å². The van der Waals surface area contributed by atoms with Gasteiger partial charge in [-0.25, -0.2) is 4.68 Å². The van der Waals surface area contributed by atoms with Gasteiger partial charge < -0.3 is 10.5 Å². The molecule has 0 amide bonds. The van der Waals surface area contributed by atoms with Gasteiger partial charge in [0.2, 0.25) is 0 Å². The summed E-state index contributed by atoms with van der Waals surface area (Å²) in [6, 6.07) is 5.65. The number of nitrogens with zero attached hydrogens (tertiary/aromatic N) is 3. The molecule has 0 atom stereocenters. The Morgan fingerprint density at radius 1 is 1.26 bits per heavy atom. The van der Waals surface area contributed by atoms with Crippen LogP contribution in [0.4, 0.5) is 13.2 Å². The first-order valence-corrected chi connectivity index (χ1v) is 4.96. The van der Waals surface area contributed by atoms with E-state index < -0.39 is 6.36 Å². The van der Waals surface area contributed by atoms with E-state index in [1.165, 1.54) is 29.1 Å². The van der Waals surface area contributed by atoms with Crippen molar-refractivity contribution in [1.29, 1.82) is 0 Å². The molecule has 1 aromatic carbocycles. The minimum Gasteiger partial charge on any atom is -0.403 e. The summed E-state index contributed by atoms with van der Waals surface area (Å²) in [7, 11) is 0. The molecule has 0 bridgehead atoms. The van der Waals surface area contributed by atoms with Gasteiger partial charge in [0.1, 0.15) is 5.69 Å². The van der Waals surface area contributed by atoms with Gasteiger partial charge in [0.05, 0.1) is 11.9 Å². The summed E-state index contributed by atoms with van der Waals surface area (Å²) in [6.45, 7) is 0.155. The van der Waals surface area contributed by atoms with Gasteiger partial charge in [-0.1, -0.05) is 17.3 Å². The van der Waals surface area contributed by atoms with E-state index in [4.69, 9.17) is 5.73 Å². The molecule has 2 rings (SSSR count). The van der Waals surface area contributed by atoms with Gasteiger partial charge in [-0.15, -0.1) is 30.7 Å². The number of hydrogen-bond donors (Lipinski definition) is 1. The van der Waals surface area contributed by atoms with Gasteiger partial charge in [-0.3, -0.25) is 0 Å². The lowest BCUT2D eigenvalue weighted by Gasteiger charge is -2.12. The first-order chi connectivity index (χ1) is 8.49. The Morgan fingerprint density at radius 3 is 2.53 bits per heavy atom. The highest BCUT2D eigenvalue weighted by Gasteiger charge is 2.32. The largest absolute Gasteiger partial charge is 0.573 e. The van der Waals surface area contributed by atoms with E-state index >= 15 is 0 Å². The van der Waals surface area contributed by atoms with Gasteiger partial charge in [0, 0.05) is 6.54 Å². The number of para-hydroxylation sites is 2. The average molecular weight is 295 g/mol. The molecule has 0 spiro atoms. The average Bonchev–Trinajstić information content (AvgIpc) is 2.76. The summed E-state index contributed by atoms with van der Waals surface area (Å²) in [5, 5.41) is 7.39. The van der Waals surface area contributed by atoms with E-state index in [-0.39, 0.29) is 30.4 Å². The van der Waals surface area contributed by atoms with Gasteiger partial charge in [-0.2, -0.15) is 0 Å². The van der Waals surface area contributed by atoms with E-state index in [1.807, 2.05) is 0 Å². The van der Waals surface area contributed by atoms with Crippen molar-refractivity contribution in [2.24, 2.45) is 5.73 Å². The number of nitrogens with two attached hydrogens (primary N) is 1. The summed E-state index contributed by atoms with van der Waals surface area (Å²) < 4.78 is 41.8. The Kier molecular flexibility index (Phi) is 4.73. The topological polar surface area (TPSA) is 66.0 Å². The molecule has 2 N–H and O–H groups in total. The molecule has 0 aliphatic carbocycles. The Balaban J connectivity index is 0.00000180. The van der Waals surface area contributed by atoms with E-state index in [0.717, 1.165) is 0 Å². The van der Waals surface area contributed by atoms with E-state index in [2.05, 4.69) is 15.0 Å². The Bertz CT molecular complexity index is 544. The van der Waals surface area contributed by atoms with Crippen LogP contribution in [-0.2, 0) is 6.54 Å². The maximum atomic E-state index is 12.2. The van der Waals surface area contributed by atoms with Crippen molar-refractivity contribution < 1.29 is 17.9 Å². The third kappa shape index (κ3) is 3.83. The molecule has 0 fully saturated rings. The fourth-order valence-electron chi connectivity index (χ4n) is 1.37. The smallest absolute Gasteiger partial charge is 0.403 e. The minimum atomic E-state index is -4.76. The van der Waals surface area contributed by atoms with Gasteiger partial charge in [-0.05, 0) is 12.1 Å². The first kappa shape index (κ1) is 15.3. The number of rotatable bonds is 3. The molecule has 0 saturated carbocycles. The fourth-order valence-corrected chi connectivity index (χ4v) is 1.37. The Morgan fingerprint density at radius 2 is 1.95 bits per heavy atom. The first-order valence-electron chi connectivity index (χ1n) is 4.96. The van der Waals surface area contributed by atoms with Crippen LogP contribution in [0.1, 0.15) is 5.69 Å². The van der Waals surface area contributed by atoms with Crippen LogP contribution < -0.4 is 10.5 Å². The number of benzene rings is 1. The van der Waals surface area contributed by atoms with Gasteiger partial charge >= 0.3 is 6.36 Å². The highest BCUT2D eigenvalue weighted by atomic mass is 35.5. The van der Waals surface area contributed by atoms with Crippen LogP contribution in [0, 0.1) is 0 Å². The summed E-state index contributed by atoms with van der Waals surface area (Å²) in [4.78, 5) is 0. The van der Waals surface area contributed by atoms with Crippen molar-refractivity contribution in [2.45, 2.75) is 12.9 Å². The molecule has 1 heterocycles. The van der Waals surface area contributed by atoms with Gasteiger partial charge in [0.25, 0.3) is 0 Å². The van der Waals surface area contributed by atoms with Crippen LogP contribution >= 0.6 is 12.4 Å². The fraction of sp³-hybridized carbons (Fsp3) is 0.200. The molecule has 2 aromatic rings. The van der Waals surface area contributed by atoms with Crippen LogP contribution in [0.5, 0.6) is 5.75 Å². The SMILES string of the molecule is Cl.NCc1cn(-c2ccccc2OC(F)(F)F)nn1. The molecule has 19 heavy (non-hydrogen) atoms. The zero-order valence-corrected chi connectivity index (χ0v) is 10.3. The molecule has 104 valence electrons. The normalized spacial score (nSPS) is 10.9. The third-order valence-electron chi connectivity index (χ3n) is 2.09. The number of alkyl halides is 3. The summed E-state index contributed by atoms with van der Waals surface area (Å²) in [6.07, 6.45) is -3.31. The molecule has 0 aliphatic heterocycles. The number of halogens is 4. The highest BCUT2D eigenvalue weighted by molar-refractivity contribution is 5.85. The number of hydrogen-bond acceptors (Lipinski definition) is 4. The quantitative estimate of drug-likeness (QED) is 0.941. The number of aromatic nitrogens is 3. The van der Waals surface area contributed by atoms with Crippen LogP contribution in [-0.4, -0.2) is 21.4 Å². The maximum Gasteiger partial charge on any atom is 0.573 e. The van der Waals surface area contributed by atoms with Crippen molar-refractivity contribution in [1.82, 2.24) is 15.0 Å². The van der Waals surface area contributed by atoms with Crippen molar-refractivity contribution >= 4 is 12.4 Å². The molecule has 0 saturated heterocycles. The molecule has 9 heteroatoms. The second kappa shape index (κ2) is 5.89. The zero-order chi connectivity index (χ0) is 13.2. The lowest BCUT2D eigenvalue weighted by Crippen LogP contribution is -2.18. The minimum absolute atomic E-state index is 0. The second-order valence-electron chi connectivity index (χ2n) is 3.37. The predicted molar refractivity (Wildman–Crippen MR) is 63.2 cm³/mol.